The summed E-state index contributed by atoms with van der Waals surface area (Å²) < 4.78 is 24.0. The molecule has 0 saturated carbocycles. The lowest BCUT2D eigenvalue weighted by molar-refractivity contribution is -0.126. The van der Waals surface area contributed by atoms with Gasteiger partial charge in [0.2, 0.25) is 5.91 Å². The van der Waals surface area contributed by atoms with Gasteiger partial charge in [0, 0.05) is 50.7 Å². The molecule has 5 rings (SSSR count). The maximum Gasteiger partial charge on any atom is 0.234 e. The first kappa shape index (κ1) is 30.1. The van der Waals surface area contributed by atoms with Crippen molar-refractivity contribution < 1.29 is 18.7 Å². The normalized spacial score (nSPS) is 11.3. The van der Waals surface area contributed by atoms with E-state index >= 15 is 4.39 Å². The second-order valence-electron chi connectivity index (χ2n) is 10.2. The molecule has 5 aromatic rings. The SMILES string of the molecule is CCN(CC)CCn1cnc(-c2cc3nccc(Oc4ccc(CC(=O)CC(=O)N(C)c5ccccc5)cc4F)c3s2)c1. The number of nitrogens with zero attached hydrogens (tertiary/aromatic N) is 5. The summed E-state index contributed by atoms with van der Waals surface area (Å²) in [4.78, 5) is 39.0. The van der Waals surface area contributed by atoms with Crippen LogP contribution in [0.5, 0.6) is 11.5 Å². The zero-order chi connectivity index (χ0) is 30.3. The second kappa shape index (κ2) is 13.7. The average molecular weight is 600 g/mol. The molecule has 1 amide bonds. The molecule has 0 unspecified atom stereocenters. The van der Waals surface area contributed by atoms with E-state index in [9.17, 15) is 9.59 Å². The van der Waals surface area contributed by atoms with Crippen LogP contribution in [0.25, 0.3) is 20.8 Å². The Morgan fingerprint density at radius 1 is 1.00 bits per heavy atom. The largest absolute Gasteiger partial charge is 0.453 e. The Labute approximate surface area is 254 Å². The molecule has 3 heterocycles. The van der Waals surface area contributed by atoms with Gasteiger partial charge in [-0.25, -0.2) is 9.37 Å². The number of benzene rings is 2. The number of ketones is 1. The standard InChI is InChI=1S/C33H34FN5O3S/c1-4-38(5-2)15-16-39-21-28(36-22-39)31-20-27-33(43-31)30(13-14-35-27)42-29-12-11-23(18-26(29)34)17-25(40)19-32(41)37(3)24-9-7-6-8-10-24/h6-14,18,20-22H,4-5,15-17,19H2,1-3H3. The van der Waals surface area contributed by atoms with Crippen molar-refractivity contribution in [1.82, 2.24) is 19.4 Å². The van der Waals surface area contributed by atoms with Gasteiger partial charge in [-0.3, -0.25) is 14.6 Å². The van der Waals surface area contributed by atoms with Gasteiger partial charge in [0.15, 0.2) is 11.6 Å². The van der Waals surface area contributed by atoms with E-state index in [0.717, 1.165) is 47.0 Å². The molecular weight excluding hydrogens is 565 g/mol. The molecule has 222 valence electrons. The zero-order valence-corrected chi connectivity index (χ0v) is 25.3. The van der Waals surface area contributed by atoms with Gasteiger partial charge in [-0.05, 0) is 49.0 Å². The van der Waals surface area contributed by atoms with Crippen LogP contribution in [0.15, 0.2) is 79.4 Å². The summed E-state index contributed by atoms with van der Waals surface area (Å²) in [6.07, 6.45) is 5.18. The monoisotopic (exact) mass is 599 g/mol. The van der Waals surface area contributed by atoms with Crippen LogP contribution in [-0.2, 0) is 22.6 Å². The van der Waals surface area contributed by atoms with Crippen LogP contribution < -0.4 is 9.64 Å². The van der Waals surface area contributed by atoms with Gasteiger partial charge in [0.1, 0.15) is 11.5 Å². The number of carbonyl (C=O) groups is 2. The number of hydrogen-bond donors (Lipinski definition) is 0. The fraction of sp³-hybridized carbons (Fsp3) is 0.273. The highest BCUT2D eigenvalue weighted by Crippen LogP contribution is 2.39. The molecule has 43 heavy (non-hydrogen) atoms. The van der Waals surface area contributed by atoms with Gasteiger partial charge >= 0.3 is 0 Å². The summed E-state index contributed by atoms with van der Waals surface area (Å²) in [7, 11) is 1.63. The van der Waals surface area contributed by atoms with Crippen molar-refractivity contribution in [3.8, 4) is 22.1 Å². The summed E-state index contributed by atoms with van der Waals surface area (Å²) in [6.45, 7) is 8.15. The van der Waals surface area contributed by atoms with Crippen LogP contribution in [0.3, 0.4) is 0 Å². The average Bonchev–Trinajstić information content (AvgIpc) is 3.67. The number of fused-ring (bicyclic) bond motifs is 1. The van der Waals surface area contributed by atoms with Crippen molar-refractivity contribution in [2.75, 3.05) is 31.6 Å². The molecule has 0 aliphatic heterocycles. The van der Waals surface area contributed by atoms with Gasteiger partial charge in [0.25, 0.3) is 0 Å². The highest BCUT2D eigenvalue weighted by molar-refractivity contribution is 7.22. The minimum absolute atomic E-state index is 0.0409. The van der Waals surface area contributed by atoms with Crippen LogP contribution in [0.4, 0.5) is 10.1 Å². The van der Waals surface area contributed by atoms with E-state index in [1.807, 2.05) is 36.8 Å². The van der Waals surface area contributed by atoms with E-state index in [-0.39, 0.29) is 30.3 Å². The van der Waals surface area contributed by atoms with Gasteiger partial charge in [0.05, 0.1) is 33.5 Å². The molecule has 0 fully saturated rings. The van der Waals surface area contributed by atoms with Crippen molar-refractivity contribution in [2.45, 2.75) is 33.2 Å². The number of amides is 1. The first-order valence-electron chi connectivity index (χ1n) is 14.3. The number of para-hydroxylation sites is 1. The van der Waals surface area contributed by atoms with E-state index < -0.39 is 5.82 Å². The molecule has 0 spiro atoms. The molecule has 0 bridgehead atoms. The van der Waals surface area contributed by atoms with Crippen molar-refractivity contribution in [3.63, 3.8) is 0 Å². The van der Waals surface area contributed by atoms with Crippen molar-refractivity contribution in [3.05, 3.63) is 90.8 Å². The number of anilines is 1. The van der Waals surface area contributed by atoms with Crippen molar-refractivity contribution in [1.29, 1.82) is 0 Å². The third kappa shape index (κ3) is 7.33. The fourth-order valence-electron chi connectivity index (χ4n) is 4.76. The molecule has 0 saturated heterocycles. The maximum absolute atomic E-state index is 15.1. The van der Waals surface area contributed by atoms with Crippen LogP contribution in [0.1, 0.15) is 25.8 Å². The lowest BCUT2D eigenvalue weighted by atomic mass is 10.1. The Morgan fingerprint density at radius 3 is 2.53 bits per heavy atom. The summed E-state index contributed by atoms with van der Waals surface area (Å²) in [5.41, 5.74) is 2.77. The van der Waals surface area contributed by atoms with Crippen LogP contribution in [-0.4, -0.2) is 57.8 Å². The molecule has 2 aromatic carbocycles. The van der Waals surface area contributed by atoms with Gasteiger partial charge in [-0.15, -0.1) is 11.3 Å². The van der Waals surface area contributed by atoms with Gasteiger partial charge in [-0.2, -0.15) is 0 Å². The first-order valence-corrected chi connectivity index (χ1v) is 15.1. The molecule has 0 N–H and O–H groups in total. The molecule has 0 aliphatic rings. The third-order valence-electron chi connectivity index (χ3n) is 7.31. The predicted octanol–water partition coefficient (Wildman–Crippen LogP) is 6.60. The summed E-state index contributed by atoms with van der Waals surface area (Å²) >= 11 is 1.49. The summed E-state index contributed by atoms with van der Waals surface area (Å²) in [5.74, 6) is -0.677. The lowest BCUT2D eigenvalue weighted by Gasteiger charge is -2.17. The predicted molar refractivity (Wildman–Crippen MR) is 168 cm³/mol. The molecule has 10 heteroatoms. The highest BCUT2D eigenvalue weighted by Gasteiger charge is 2.18. The van der Waals surface area contributed by atoms with Gasteiger partial charge < -0.3 is 19.1 Å². The number of ether oxygens (including phenoxy) is 1. The van der Waals surface area contributed by atoms with Crippen molar-refractivity contribution in [2.24, 2.45) is 0 Å². The van der Waals surface area contributed by atoms with E-state index in [2.05, 4.69) is 33.3 Å². The Balaban J connectivity index is 1.24. The zero-order valence-electron chi connectivity index (χ0n) is 24.5. The lowest BCUT2D eigenvalue weighted by Crippen LogP contribution is -2.28. The van der Waals surface area contributed by atoms with Crippen LogP contribution >= 0.6 is 11.3 Å². The number of likely N-dealkylation sites (N-methyl/N-ethyl adjacent to an activating group) is 1. The number of Topliss-reactive ketones (excluding diaryl/α,β-unsaturated/α-hetero) is 1. The Hall–Kier alpha value is -4.41. The quantitative estimate of drug-likeness (QED) is 0.142. The topological polar surface area (TPSA) is 80.6 Å². The second-order valence-corrected chi connectivity index (χ2v) is 11.3. The number of carbonyl (C=O) groups excluding carboxylic acids is 2. The Bertz CT molecular complexity index is 1710. The Morgan fingerprint density at radius 2 is 1.79 bits per heavy atom. The number of rotatable bonds is 13. The van der Waals surface area contributed by atoms with E-state index in [1.165, 1.54) is 28.4 Å². The van der Waals surface area contributed by atoms with Crippen LogP contribution in [0.2, 0.25) is 0 Å². The molecular formula is C33H34FN5O3S. The summed E-state index contributed by atoms with van der Waals surface area (Å²) in [6, 6.07) is 17.2. The maximum atomic E-state index is 15.1. The summed E-state index contributed by atoms with van der Waals surface area (Å²) in [5, 5.41) is 0. The third-order valence-corrected chi connectivity index (χ3v) is 8.48. The molecule has 8 nitrogen and oxygen atoms in total. The van der Waals surface area contributed by atoms with E-state index in [1.54, 1.807) is 37.5 Å². The highest BCUT2D eigenvalue weighted by atomic mass is 32.1. The number of pyridine rings is 1. The van der Waals surface area contributed by atoms with E-state index in [4.69, 9.17) is 4.74 Å². The molecule has 0 atom stereocenters. The Kier molecular flexibility index (Phi) is 9.58. The number of aromatic nitrogens is 3. The number of thiophene rings is 1. The number of hydrogen-bond acceptors (Lipinski definition) is 7. The number of halogens is 1. The molecule has 0 aliphatic carbocycles. The minimum Gasteiger partial charge on any atom is -0.453 e. The van der Waals surface area contributed by atoms with Crippen molar-refractivity contribution >= 4 is 38.9 Å². The smallest absolute Gasteiger partial charge is 0.234 e. The molecule has 0 radical (unpaired) electrons. The first-order chi connectivity index (χ1) is 20.8. The van der Waals surface area contributed by atoms with Gasteiger partial charge in [-0.1, -0.05) is 38.1 Å². The number of imidazole rings is 1. The van der Waals surface area contributed by atoms with E-state index in [0.29, 0.717) is 17.0 Å². The minimum atomic E-state index is -0.591. The fourth-order valence-corrected chi connectivity index (χ4v) is 5.78. The van der Waals surface area contributed by atoms with Crippen LogP contribution in [0, 0.1) is 5.82 Å². The molecule has 3 aromatic heterocycles.